The van der Waals surface area contributed by atoms with Crippen LogP contribution in [0, 0.1) is 12.7 Å². The lowest BCUT2D eigenvalue weighted by Crippen LogP contribution is -2.36. The Bertz CT molecular complexity index is 613. The van der Waals surface area contributed by atoms with Gasteiger partial charge >= 0.3 is 6.03 Å². The number of urea groups is 1. The lowest BCUT2D eigenvalue weighted by molar-refractivity contribution is 0.240. The van der Waals surface area contributed by atoms with E-state index in [9.17, 15) is 9.18 Å². The van der Waals surface area contributed by atoms with Crippen molar-refractivity contribution in [3.05, 3.63) is 71.0 Å². The zero-order chi connectivity index (χ0) is 15.1. The second-order valence-electron chi connectivity index (χ2n) is 4.98. The zero-order valence-corrected chi connectivity index (χ0v) is 12.0. The molecule has 0 aliphatic heterocycles. The quantitative estimate of drug-likeness (QED) is 0.871. The monoisotopic (exact) mass is 286 g/mol. The molecule has 2 aromatic rings. The van der Waals surface area contributed by atoms with E-state index >= 15 is 0 Å². The average molecular weight is 286 g/mol. The molecule has 0 unspecified atom stereocenters. The van der Waals surface area contributed by atoms with Crippen LogP contribution in [0.4, 0.5) is 9.18 Å². The lowest BCUT2D eigenvalue weighted by atomic mass is 10.1. The summed E-state index contributed by atoms with van der Waals surface area (Å²) in [5, 5.41) is 5.50. The fourth-order valence-electron chi connectivity index (χ4n) is 2.08. The van der Waals surface area contributed by atoms with Gasteiger partial charge in [0.15, 0.2) is 0 Å². The standard InChI is InChI=1S/C17H19FN2O/c1-13-4-2-5-14(10-13)8-9-19-17(21)20-12-15-6-3-7-16(18)11-15/h2-7,10-11H,8-9,12H2,1H3,(H2,19,20,21). The van der Waals surface area contributed by atoms with Crippen LogP contribution >= 0.6 is 0 Å². The molecule has 0 radical (unpaired) electrons. The van der Waals surface area contributed by atoms with Crippen molar-refractivity contribution in [3.63, 3.8) is 0 Å². The Hall–Kier alpha value is -2.36. The van der Waals surface area contributed by atoms with Gasteiger partial charge in [-0.1, -0.05) is 42.0 Å². The maximum atomic E-state index is 13.0. The number of carbonyl (C=O) groups excluding carboxylic acids is 1. The molecule has 21 heavy (non-hydrogen) atoms. The maximum absolute atomic E-state index is 13.0. The highest BCUT2D eigenvalue weighted by atomic mass is 19.1. The predicted molar refractivity (Wildman–Crippen MR) is 81.5 cm³/mol. The van der Waals surface area contributed by atoms with Crippen molar-refractivity contribution in [1.82, 2.24) is 10.6 Å². The Morgan fingerprint density at radius 3 is 2.57 bits per heavy atom. The summed E-state index contributed by atoms with van der Waals surface area (Å²) >= 11 is 0. The molecule has 0 aromatic heterocycles. The summed E-state index contributed by atoms with van der Waals surface area (Å²) in [6.07, 6.45) is 0.787. The molecule has 0 spiro atoms. The van der Waals surface area contributed by atoms with E-state index in [4.69, 9.17) is 0 Å². The molecule has 0 fully saturated rings. The van der Waals surface area contributed by atoms with Gasteiger partial charge in [-0.3, -0.25) is 0 Å². The van der Waals surface area contributed by atoms with Crippen LogP contribution in [-0.2, 0) is 13.0 Å². The van der Waals surface area contributed by atoms with Gasteiger partial charge in [0.1, 0.15) is 5.82 Å². The molecular weight excluding hydrogens is 267 g/mol. The van der Waals surface area contributed by atoms with Crippen LogP contribution in [0.3, 0.4) is 0 Å². The minimum atomic E-state index is -0.297. The Morgan fingerprint density at radius 2 is 1.81 bits per heavy atom. The number of aryl methyl sites for hydroxylation is 1. The highest BCUT2D eigenvalue weighted by Crippen LogP contribution is 2.04. The molecule has 2 rings (SSSR count). The number of halogens is 1. The minimum Gasteiger partial charge on any atom is -0.338 e. The number of amides is 2. The van der Waals surface area contributed by atoms with E-state index in [0.717, 1.165) is 12.0 Å². The number of hydrogen-bond acceptors (Lipinski definition) is 1. The number of nitrogens with one attached hydrogen (secondary N) is 2. The fraction of sp³-hybridized carbons (Fsp3) is 0.235. The van der Waals surface area contributed by atoms with Crippen LogP contribution in [0.25, 0.3) is 0 Å². The Kier molecular flexibility index (Phi) is 5.32. The third kappa shape index (κ3) is 5.26. The van der Waals surface area contributed by atoms with E-state index in [1.165, 1.54) is 23.3 Å². The maximum Gasteiger partial charge on any atom is 0.315 e. The van der Waals surface area contributed by atoms with Gasteiger partial charge in [-0.05, 0) is 36.6 Å². The molecule has 0 aliphatic rings. The van der Waals surface area contributed by atoms with E-state index in [-0.39, 0.29) is 11.8 Å². The number of carbonyl (C=O) groups is 1. The Labute approximate surface area is 124 Å². The molecule has 0 atom stereocenters. The van der Waals surface area contributed by atoms with E-state index < -0.39 is 0 Å². The van der Waals surface area contributed by atoms with Crippen LogP contribution in [0.1, 0.15) is 16.7 Å². The van der Waals surface area contributed by atoms with Gasteiger partial charge < -0.3 is 10.6 Å². The summed E-state index contributed by atoms with van der Waals surface area (Å²) in [5.74, 6) is -0.297. The number of benzene rings is 2. The van der Waals surface area contributed by atoms with Crippen molar-refractivity contribution in [2.75, 3.05) is 6.54 Å². The third-order valence-electron chi connectivity index (χ3n) is 3.12. The molecule has 3 nitrogen and oxygen atoms in total. The Morgan fingerprint density at radius 1 is 1.05 bits per heavy atom. The summed E-state index contributed by atoms with van der Waals surface area (Å²) in [6, 6.07) is 14.1. The largest absolute Gasteiger partial charge is 0.338 e. The lowest BCUT2D eigenvalue weighted by Gasteiger charge is -2.08. The Balaban J connectivity index is 1.70. The highest BCUT2D eigenvalue weighted by molar-refractivity contribution is 5.73. The first-order valence-electron chi connectivity index (χ1n) is 6.95. The second kappa shape index (κ2) is 7.43. The van der Waals surface area contributed by atoms with Gasteiger partial charge in [0, 0.05) is 13.1 Å². The molecule has 4 heteroatoms. The van der Waals surface area contributed by atoms with E-state index in [0.29, 0.717) is 13.1 Å². The smallest absolute Gasteiger partial charge is 0.315 e. The summed E-state index contributed by atoms with van der Waals surface area (Å²) in [5.41, 5.74) is 3.15. The van der Waals surface area contributed by atoms with Gasteiger partial charge in [-0.15, -0.1) is 0 Å². The number of rotatable bonds is 5. The van der Waals surface area contributed by atoms with Crippen LogP contribution < -0.4 is 10.6 Å². The molecule has 2 N–H and O–H groups in total. The molecule has 2 aromatic carbocycles. The minimum absolute atomic E-state index is 0.244. The van der Waals surface area contributed by atoms with Crippen LogP contribution in [-0.4, -0.2) is 12.6 Å². The summed E-state index contributed by atoms with van der Waals surface area (Å²) in [4.78, 5) is 11.6. The molecule has 110 valence electrons. The molecule has 0 bridgehead atoms. The van der Waals surface area contributed by atoms with Gasteiger partial charge in [-0.25, -0.2) is 9.18 Å². The van der Waals surface area contributed by atoms with Crippen LogP contribution in [0.5, 0.6) is 0 Å². The molecule has 0 saturated carbocycles. The van der Waals surface area contributed by atoms with Crippen molar-refractivity contribution in [2.24, 2.45) is 0 Å². The first-order valence-corrected chi connectivity index (χ1v) is 6.95. The summed E-state index contributed by atoms with van der Waals surface area (Å²) in [6.45, 7) is 2.93. The fourth-order valence-corrected chi connectivity index (χ4v) is 2.08. The topological polar surface area (TPSA) is 41.1 Å². The summed E-state index contributed by atoms with van der Waals surface area (Å²) in [7, 11) is 0. The average Bonchev–Trinajstić information content (AvgIpc) is 2.45. The normalized spacial score (nSPS) is 10.2. The zero-order valence-electron chi connectivity index (χ0n) is 12.0. The highest BCUT2D eigenvalue weighted by Gasteiger charge is 2.01. The third-order valence-corrected chi connectivity index (χ3v) is 3.12. The van der Waals surface area contributed by atoms with Crippen LogP contribution in [0.2, 0.25) is 0 Å². The molecule has 0 saturated heterocycles. The summed E-state index contributed by atoms with van der Waals surface area (Å²) < 4.78 is 13.0. The molecular formula is C17H19FN2O. The molecule has 0 heterocycles. The molecule has 0 aliphatic carbocycles. The van der Waals surface area contributed by atoms with Crippen molar-refractivity contribution < 1.29 is 9.18 Å². The second-order valence-corrected chi connectivity index (χ2v) is 4.98. The first kappa shape index (κ1) is 15.0. The predicted octanol–water partition coefficient (Wildman–Crippen LogP) is 3.18. The van der Waals surface area contributed by atoms with Crippen LogP contribution in [0.15, 0.2) is 48.5 Å². The van der Waals surface area contributed by atoms with Gasteiger partial charge in [0.25, 0.3) is 0 Å². The first-order chi connectivity index (χ1) is 10.1. The SMILES string of the molecule is Cc1cccc(CCNC(=O)NCc2cccc(F)c2)c1. The molecule has 2 amide bonds. The van der Waals surface area contributed by atoms with Crippen molar-refractivity contribution in [2.45, 2.75) is 19.9 Å². The van der Waals surface area contributed by atoms with E-state index in [2.05, 4.69) is 16.7 Å². The van der Waals surface area contributed by atoms with E-state index in [1.807, 2.05) is 25.1 Å². The van der Waals surface area contributed by atoms with E-state index in [1.54, 1.807) is 12.1 Å². The van der Waals surface area contributed by atoms with Gasteiger partial charge in [0.2, 0.25) is 0 Å². The number of hydrogen-bond donors (Lipinski definition) is 2. The van der Waals surface area contributed by atoms with Gasteiger partial charge in [0.05, 0.1) is 0 Å². The van der Waals surface area contributed by atoms with Crippen molar-refractivity contribution in [3.8, 4) is 0 Å². The van der Waals surface area contributed by atoms with Gasteiger partial charge in [-0.2, -0.15) is 0 Å². The van der Waals surface area contributed by atoms with Crippen molar-refractivity contribution >= 4 is 6.03 Å². The van der Waals surface area contributed by atoms with Crippen molar-refractivity contribution in [1.29, 1.82) is 0 Å².